The molecule has 0 fully saturated rings. The van der Waals surface area contributed by atoms with Crippen LogP contribution in [-0.2, 0) is 6.54 Å². The highest BCUT2D eigenvalue weighted by Crippen LogP contribution is 2.12. The summed E-state index contributed by atoms with van der Waals surface area (Å²) in [6.07, 6.45) is 9.41. The Morgan fingerprint density at radius 2 is 2.20 bits per heavy atom. The van der Waals surface area contributed by atoms with E-state index in [0.29, 0.717) is 0 Å². The predicted octanol–water partition coefficient (Wildman–Crippen LogP) is 2.78. The maximum Gasteiger partial charge on any atom is 0.0949 e. The van der Waals surface area contributed by atoms with E-state index < -0.39 is 0 Å². The monoisotopic (exact) mass is 197 g/mol. The first-order valence-corrected chi connectivity index (χ1v) is 4.89. The molecule has 0 atom stereocenters. The van der Waals surface area contributed by atoms with E-state index in [2.05, 4.69) is 28.6 Å². The molecule has 2 aromatic rings. The van der Waals surface area contributed by atoms with Crippen molar-refractivity contribution in [2.24, 2.45) is 0 Å². The number of hydrogen-bond donors (Lipinski definition) is 0. The summed E-state index contributed by atoms with van der Waals surface area (Å²) in [4.78, 5) is 4.03. The third-order valence-electron chi connectivity index (χ3n) is 2.26. The smallest absolute Gasteiger partial charge is 0.0949 e. The number of allylic oxidation sites excluding steroid dienone is 1. The Kier molecular flexibility index (Phi) is 2.98. The largest absolute Gasteiger partial charge is 0.333 e. The molecule has 2 heteroatoms. The van der Waals surface area contributed by atoms with Crippen molar-refractivity contribution in [2.75, 3.05) is 0 Å². The first kappa shape index (κ1) is 9.71. The van der Waals surface area contributed by atoms with Gasteiger partial charge in [0.15, 0.2) is 0 Å². The van der Waals surface area contributed by atoms with Gasteiger partial charge in [-0.05, 0) is 18.1 Å². The first-order chi connectivity index (χ1) is 7.40. The standard InChI is InChI=1S/C13H13N2/c1-2-5-12-6-3-4-7-13(12)10-15-9-8-14-11-15/h2-9,11H,1,10H2. The van der Waals surface area contributed by atoms with Crippen LogP contribution in [0.4, 0.5) is 0 Å². The van der Waals surface area contributed by atoms with E-state index in [9.17, 15) is 0 Å². The van der Waals surface area contributed by atoms with Crippen LogP contribution in [0.2, 0.25) is 0 Å². The topological polar surface area (TPSA) is 17.8 Å². The molecule has 0 unspecified atom stereocenters. The SMILES string of the molecule is [CH2]C=Cc1ccccc1Cn1ccnc1. The summed E-state index contributed by atoms with van der Waals surface area (Å²) in [6.45, 7) is 4.57. The minimum absolute atomic E-state index is 0.848. The van der Waals surface area contributed by atoms with Crippen molar-refractivity contribution in [3.05, 3.63) is 67.1 Å². The lowest BCUT2D eigenvalue weighted by Gasteiger charge is -2.06. The van der Waals surface area contributed by atoms with Crippen LogP contribution in [0.1, 0.15) is 11.1 Å². The molecule has 0 spiro atoms. The average molecular weight is 197 g/mol. The van der Waals surface area contributed by atoms with Crippen LogP contribution in [0, 0.1) is 6.92 Å². The molecule has 0 aliphatic rings. The Morgan fingerprint density at radius 1 is 1.33 bits per heavy atom. The molecule has 1 heterocycles. The van der Waals surface area contributed by atoms with E-state index in [1.807, 2.05) is 36.8 Å². The third kappa shape index (κ3) is 2.34. The van der Waals surface area contributed by atoms with Gasteiger partial charge in [0.2, 0.25) is 0 Å². The zero-order valence-corrected chi connectivity index (χ0v) is 8.50. The lowest BCUT2D eigenvalue weighted by molar-refractivity contribution is 0.796. The molecule has 1 aromatic heterocycles. The molecule has 15 heavy (non-hydrogen) atoms. The van der Waals surface area contributed by atoms with Gasteiger partial charge < -0.3 is 4.57 Å². The number of hydrogen-bond acceptors (Lipinski definition) is 1. The Morgan fingerprint density at radius 3 is 2.93 bits per heavy atom. The highest BCUT2D eigenvalue weighted by molar-refractivity contribution is 5.54. The molecule has 0 N–H and O–H groups in total. The fourth-order valence-corrected chi connectivity index (χ4v) is 1.54. The van der Waals surface area contributed by atoms with Crippen LogP contribution in [-0.4, -0.2) is 9.55 Å². The number of rotatable bonds is 3. The average Bonchev–Trinajstić information content (AvgIpc) is 2.74. The summed E-state index contributed by atoms with van der Waals surface area (Å²) in [7, 11) is 0. The van der Waals surface area contributed by atoms with Crippen molar-refractivity contribution >= 4 is 6.08 Å². The summed E-state index contributed by atoms with van der Waals surface area (Å²) in [5.41, 5.74) is 2.48. The molecule has 2 rings (SSSR count). The first-order valence-electron chi connectivity index (χ1n) is 4.89. The lowest BCUT2D eigenvalue weighted by Crippen LogP contribution is -1.98. The molecule has 0 aliphatic carbocycles. The molecule has 0 saturated heterocycles. The zero-order chi connectivity index (χ0) is 10.5. The van der Waals surface area contributed by atoms with Crippen LogP contribution in [0.5, 0.6) is 0 Å². The second-order valence-corrected chi connectivity index (χ2v) is 3.34. The van der Waals surface area contributed by atoms with E-state index >= 15 is 0 Å². The van der Waals surface area contributed by atoms with E-state index in [-0.39, 0.29) is 0 Å². The summed E-state index contributed by atoms with van der Waals surface area (Å²) in [6, 6.07) is 8.29. The molecule has 0 amide bonds. The van der Waals surface area contributed by atoms with E-state index in [0.717, 1.165) is 6.54 Å². The Hall–Kier alpha value is -1.83. The van der Waals surface area contributed by atoms with E-state index in [1.54, 1.807) is 6.20 Å². The van der Waals surface area contributed by atoms with Crippen molar-refractivity contribution < 1.29 is 0 Å². The number of aromatic nitrogens is 2. The summed E-state index contributed by atoms with van der Waals surface area (Å²) in [5, 5.41) is 0. The molecule has 1 radical (unpaired) electrons. The second-order valence-electron chi connectivity index (χ2n) is 3.34. The Labute approximate surface area is 89.9 Å². The van der Waals surface area contributed by atoms with Gasteiger partial charge in [0, 0.05) is 18.9 Å². The number of imidazole rings is 1. The van der Waals surface area contributed by atoms with Crippen molar-refractivity contribution in [2.45, 2.75) is 6.54 Å². The lowest BCUT2D eigenvalue weighted by atomic mass is 10.1. The van der Waals surface area contributed by atoms with Crippen molar-refractivity contribution in [1.29, 1.82) is 0 Å². The van der Waals surface area contributed by atoms with E-state index in [4.69, 9.17) is 0 Å². The molecule has 2 nitrogen and oxygen atoms in total. The van der Waals surface area contributed by atoms with Gasteiger partial charge in [-0.15, -0.1) is 0 Å². The van der Waals surface area contributed by atoms with Gasteiger partial charge in [-0.1, -0.05) is 36.4 Å². The third-order valence-corrected chi connectivity index (χ3v) is 2.26. The predicted molar refractivity (Wildman–Crippen MR) is 62.2 cm³/mol. The van der Waals surface area contributed by atoms with Crippen LogP contribution >= 0.6 is 0 Å². The molecule has 0 bridgehead atoms. The highest BCUT2D eigenvalue weighted by atomic mass is 15.0. The van der Waals surface area contributed by atoms with Gasteiger partial charge in [0.25, 0.3) is 0 Å². The van der Waals surface area contributed by atoms with Gasteiger partial charge in [-0.3, -0.25) is 0 Å². The van der Waals surface area contributed by atoms with Gasteiger partial charge in [-0.25, -0.2) is 4.98 Å². The molecular formula is C13H13N2. The minimum Gasteiger partial charge on any atom is -0.333 e. The van der Waals surface area contributed by atoms with Crippen molar-refractivity contribution in [3.63, 3.8) is 0 Å². The van der Waals surface area contributed by atoms with Crippen LogP contribution in [0.25, 0.3) is 6.08 Å². The molecule has 1 aromatic carbocycles. The van der Waals surface area contributed by atoms with Gasteiger partial charge in [-0.2, -0.15) is 0 Å². The fourth-order valence-electron chi connectivity index (χ4n) is 1.54. The van der Waals surface area contributed by atoms with Crippen molar-refractivity contribution in [1.82, 2.24) is 9.55 Å². The van der Waals surface area contributed by atoms with Gasteiger partial charge >= 0.3 is 0 Å². The maximum atomic E-state index is 4.03. The van der Waals surface area contributed by atoms with Crippen LogP contribution in [0.15, 0.2) is 49.1 Å². The Bertz CT molecular complexity index is 441. The zero-order valence-electron chi connectivity index (χ0n) is 8.50. The molecular weight excluding hydrogens is 184 g/mol. The molecule has 75 valence electrons. The Balaban J connectivity index is 2.27. The summed E-state index contributed by atoms with van der Waals surface area (Å²) < 4.78 is 2.05. The minimum atomic E-state index is 0.848. The van der Waals surface area contributed by atoms with Gasteiger partial charge in [0.05, 0.1) is 6.33 Å². The number of benzene rings is 1. The highest BCUT2D eigenvalue weighted by Gasteiger charge is 1.98. The molecule has 0 saturated carbocycles. The molecule has 0 aliphatic heterocycles. The second kappa shape index (κ2) is 4.60. The quantitative estimate of drug-likeness (QED) is 0.739. The fraction of sp³-hybridized carbons (Fsp3) is 0.0769. The normalized spacial score (nSPS) is 11.0. The number of nitrogens with zero attached hydrogens (tertiary/aromatic N) is 2. The van der Waals surface area contributed by atoms with Crippen LogP contribution in [0.3, 0.4) is 0 Å². The van der Waals surface area contributed by atoms with Gasteiger partial charge in [0.1, 0.15) is 0 Å². The van der Waals surface area contributed by atoms with E-state index in [1.165, 1.54) is 11.1 Å². The summed E-state index contributed by atoms with van der Waals surface area (Å²) in [5.74, 6) is 0. The summed E-state index contributed by atoms with van der Waals surface area (Å²) >= 11 is 0. The maximum absolute atomic E-state index is 4.03. The van der Waals surface area contributed by atoms with Crippen LogP contribution < -0.4 is 0 Å². The van der Waals surface area contributed by atoms with Crippen molar-refractivity contribution in [3.8, 4) is 0 Å².